The van der Waals surface area contributed by atoms with Gasteiger partial charge in [-0.1, -0.05) is 54.6 Å². The minimum Gasteiger partial charge on any atom is -0.460 e. The summed E-state index contributed by atoms with van der Waals surface area (Å²) in [7, 11) is -4.21. The standard InChI is InChI=1S/C23H19FN2O4S/c1-16(26-31(28,29)22-9-5-4-8-21(22)24)23(27)30-15-17-10-12-18(13-11-17)20-7-3-2-6-19(20)14-25/h2-13,16,26H,15H2,1H3/t16-/m0/s1. The fourth-order valence-corrected chi connectivity index (χ4v) is 4.17. The van der Waals surface area contributed by atoms with Gasteiger partial charge in [-0.25, -0.2) is 12.8 Å². The summed E-state index contributed by atoms with van der Waals surface area (Å²) in [6.45, 7) is 1.26. The molecule has 0 saturated heterocycles. The predicted octanol–water partition coefficient (Wildman–Crippen LogP) is 3.77. The second kappa shape index (κ2) is 9.51. The zero-order chi connectivity index (χ0) is 22.4. The first-order valence-electron chi connectivity index (χ1n) is 9.34. The molecular formula is C23H19FN2O4S. The number of esters is 1. The molecule has 3 aromatic rings. The van der Waals surface area contributed by atoms with Crippen LogP contribution in [-0.2, 0) is 26.2 Å². The maximum atomic E-state index is 13.8. The number of rotatable bonds is 7. The first-order chi connectivity index (χ1) is 14.8. The Kier molecular flexibility index (Phi) is 6.80. The zero-order valence-corrected chi connectivity index (χ0v) is 17.4. The summed E-state index contributed by atoms with van der Waals surface area (Å²) >= 11 is 0. The summed E-state index contributed by atoms with van der Waals surface area (Å²) in [5.41, 5.74) is 2.89. The molecule has 3 aromatic carbocycles. The summed E-state index contributed by atoms with van der Waals surface area (Å²) in [4.78, 5) is 11.7. The Balaban J connectivity index is 1.62. The summed E-state index contributed by atoms with van der Waals surface area (Å²) in [6, 6.07) is 20.2. The summed E-state index contributed by atoms with van der Waals surface area (Å²) in [5, 5.41) is 9.22. The lowest BCUT2D eigenvalue weighted by atomic mass is 9.99. The highest BCUT2D eigenvalue weighted by molar-refractivity contribution is 7.89. The number of ether oxygens (including phenoxy) is 1. The molecule has 1 atom stereocenters. The van der Waals surface area contributed by atoms with Crippen LogP contribution < -0.4 is 4.72 Å². The van der Waals surface area contributed by atoms with E-state index < -0.39 is 32.7 Å². The van der Waals surface area contributed by atoms with Gasteiger partial charge in [0.25, 0.3) is 0 Å². The van der Waals surface area contributed by atoms with Gasteiger partial charge in [-0.2, -0.15) is 9.98 Å². The molecule has 0 aliphatic carbocycles. The Morgan fingerprint density at radius 1 is 1.06 bits per heavy atom. The minimum atomic E-state index is -4.21. The molecule has 0 unspecified atom stereocenters. The Morgan fingerprint density at radius 2 is 1.71 bits per heavy atom. The highest BCUT2D eigenvalue weighted by Crippen LogP contribution is 2.23. The van der Waals surface area contributed by atoms with E-state index in [2.05, 4.69) is 10.8 Å². The van der Waals surface area contributed by atoms with Crippen molar-refractivity contribution in [1.29, 1.82) is 5.26 Å². The fourth-order valence-electron chi connectivity index (χ4n) is 2.90. The van der Waals surface area contributed by atoms with Crippen molar-refractivity contribution in [3.63, 3.8) is 0 Å². The molecule has 0 amide bonds. The van der Waals surface area contributed by atoms with E-state index in [-0.39, 0.29) is 6.61 Å². The molecule has 0 bridgehead atoms. The van der Waals surface area contributed by atoms with Gasteiger partial charge >= 0.3 is 5.97 Å². The monoisotopic (exact) mass is 438 g/mol. The zero-order valence-electron chi connectivity index (χ0n) is 16.6. The van der Waals surface area contributed by atoms with Gasteiger partial charge in [-0.3, -0.25) is 4.79 Å². The van der Waals surface area contributed by atoms with Crippen molar-refractivity contribution in [2.45, 2.75) is 24.5 Å². The number of nitrogens with one attached hydrogen (secondary N) is 1. The quantitative estimate of drug-likeness (QED) is 0.567. The third-order valence-electron chi connectivity index (χ3n) is 4.51. The molecule has 0 fully saturated rings. The van der Waals surface area contributed by atoms with Crippen molar-refractivity contribution >= 4 is 16.0 Å². The van der Waals surface area contributed by atoms with Crippen LogP contribution in [0, 0.1) is 17.1 Å². The van der Waals surface area contributed by atoms with Crippen molar-refractivity contribution in [3.05, 3.63) is 89.7 Å². The minimum absolute atomic E-state index is 0.0647. The largest absolute Gasteiger partial charge is 0.460 e. The topological polar surface area (TPSA) is 96.3 Å². The van der Waals surface area contributed by atoms with Crippen LogP contribution in [0.25, 0.3) is 11.1 Å². The number of hydrogen-bond acceptors (Lipinski definition) is 5. The van der Waals surface area contributed by atoms with Crippen LogP contribution in [0.3, 0.4) is 0 Å². The third kappa shape index (κ3) is 5.34. The average Bonchev–Trinajstić information content (AvgIpc) is 2.77. The van der Waals surface area contributed by atoms with Crippen molar-refractivity contribution < 1.29 is 22.3 Å². The smallest absolute Gasteiger partial charge is 0.324 e. The second-order valence-corrected chi connectivity index (χ2v) is 8.42. The van der Waals surface area contributed by atoms with Crippen LogP contribution in [0.15, 0.2) is 77.7 Å². The van der Waals surface area contributed by atoms with Crippen molar-refractivity contribution in [2.24, 2.45) is 0 Å². The molecule has 1 N–H and O–H groups in total. The van der Waals surface area contributed by atoms with Gasteiger partial charge < -0.3 is 4.74 Å². The molecule has 0 saturated carbocycles. The van der Waals surface area contributed by atoms with E-state index in [1.807, 2.05) is 24.3 Å². The Bertz CT molecular complexity index is 1230. The number of halogens is 1. The van der Waals surface area contributed by atoms with Crippen LogP contribution >= 0.6 is 0 Å². The third-order valence-corrected chi connectivity index (χ3v) is 6.08. The fraction of sp³-hybridized carbons (Fsp3) is 0.130. The molecule has 0 aliphatic rings. The van der Waals surface area contributed by atoms with Crippen molar-refractivity contribution in [2.75, 3.05) is 0 Å². The maximum absolute atomic E-state index is 13.8. The molecule has 0 heterocycles. The first-order valence-corrected chi connectivity index (χ1v) is 10.8. The van der Waals surface area contributed by atoms with Crippen LogP contribution in [0.4, 0.5) is 4.39 Å². The normalized spacial score (nSPS) is 12.0. The molecular weight excluding hydrogens is 419 g/mol. The molecule has 3 rings (SSSR count). The molecule has 0 aromatic heterocycles. The molecule has 0 spiro atoms. The number of benzene rings is 3. The van der Waals surface area contributed by atoms with Crippen LogP contribution in [0.2, 0.25) is 0 Å². The van der Waals surface area contributed by atoms with Crippen LogP contribution in [-0.4, -0.2) is 20.4 Å². The lowest BCUT2D eigenvalue weighted by Gasteiger charge is -2.14. The molecule has 6 nitrogen and oxygen atoms in total. The van der Waals surface area contributed by atoms with Gasteiger partial charge in [0.15, 0.2) is 0 Å². The molecule has 8 heteroatoms. The number of nitriles is 1. The molecule has 158 valence electrons. The molecule has 0 aliphatic heterocycles. The van der Waals surface area contributed by atoms with Gasteiger partial charge in [0.2, 0.25) is 10.0 Å². The molecule has 31 heavy (non-hydrogen) atoms. The van der Waals surface area contributed by atoms with E-state index in [9.17, 15) is 22.9 Å². The first kappa shape index (κ1) is 22.2. The number of carbonyl (C=O) groups excluding carboxylic acids is 1. The Hall–Kier alpha value is -3.54. The highest BCUT2D eigenvalue weighted by Gasteiger charge is 2.25. The number of hydrogen-bond donors (Lipinski definition) is 1. The van der Waals surface area contributed by atoms with E-state index >= 15 is 0 Å². The van der Waals surface area contributed by atoms with E-state index in [1.165, 1.54) is 19.1 Å². The summed E-state index contributed by atoms with van der Waals surface area (Å²) in [5.74, 6) is -1.70. The number of carbonyl (C=O) groups is 1. The van der Waals surface area contributed by atoms with E-state index in [4.69, 9.17) is 4.74 Å². The average molecular weight is 438 g/mol. The van der Waals surface area contributed by atoms with Gasteiger partial charge in [0.05, 0.1) is 11.6 Å². The Morgan fingerprint density at radius 3 is 2.39 bits per heavy atom. The second-order valence-electron chi connectivity index (χ2n) is 6.74. The highest BCUT2D eigenvalue weighted by atomic mass is 32.2. The van der Waals surface area contributed by atoms with E-state index in [0.717, 1.165) is 23.3 Å². The van der Waals surface area contributed by atoms with Gasteiger partial charge in [-0.05, 0) is 41.8 Å². The van der Waals surface area contributed by atoms with Crippen molar-refractivity contribution in [3.8, 4) is 17.2 Å². The van der Waals surface area contributed by atoms with Crippen LogP contribution in [0.1, 0.15) is 18.1 Å². The maximum Gasteiger partial charge on any atom is 0.324 e. The Labute approximate surface area is 180 Å². The lowest BCUT2D eigenvalue weighted by molar-refractivity contribution is -0.146. The summed E-state index contributed by atoms with van der Waals surface area (Å²) in [6.07, 6.45) is 0. The van der Waals surface area contributed by atoms with Gasteiger partial charge in [0, 0.05) is 0 Å². The van der Waals surface area contributed by atoms with E-state index in [1.54, 1.807) is 24.3 Å². The lowest BCUT2D eigenvalue weighted by Crippen LogP contribution is -2.39. The van der Waals surface area contributed by atoms with E-state index in [0.29, 0.717) is 11.1 Å². The number of sulfonamides is 1. The van der Waals surface area contributed by atoms with Crippen LogP contribution in [0.5, 0.6) is 0 Å². The number of nitrogens with zero attached hydrogens (tertiary/aromatic N) is 1. The van der Waals surface area contributed by atoms with Gasteiger partial charge in [0.1, 0.15) is 23.4 Å². The predicted molar refractivity (Wildman–Crippen MR) is 113 cm³/mol. The molecule has 0 radical (unpaired) electrons. The summed E-state index contributed by atoms with van der Waals surface area (Å²) < 4.78 is 45.6. The SMILES string of the molecule is C[C@H](NS(=O)(=O)c1ccccc1F)C(=O)OCc1ccc(-c2ccccc2C#N)cc1. The van der Waals surface area contributed by atoms with Gasteiger partial charge in [-0.15, -0.1) is 0 Å². The van der Waals surface area contributed by atoms with Crippen molar-refractivity contribution in [1.82, 2.24) is 4.72 Å².